The van der Waals surface area contributed by atoms with E-state index >= 15 is 0 Å². The number of nitrogens with one attached hydrogen (secondary N) is 3. The van der Waals surface area contributed by atoms with Crippen molar-refractivity contribution < 1.29 is 18.3 Å². The highest BCUT2D eigenvalue weighted by atomic mass is 19.4. The lowest BCUT2D eigenvalue weighted by molar-refractivity contribution is -0.165. The predicted octanol–water partition coefficient (Wildman–Crippen LogP) is 1.55. The number of hydrazine groups is 1. The average Bonchev–Trinajstić information content (AvgIpc) is 3.16. The van der Waals surface area contributed by atoms with Gasteiger partial charge in [-0.3, -0.25) is 5.32 Å². The monoisotopic (exact) mass is 289 g/mol. The second-order valence-electron chi connectivity index (χ2n) is 5.07. The van der Waals surface area contributed by atoms with Crippen molar-refractivity contribution in [3.8, 4) is 0 Å². The van der Waals surface area contributed by atoms with Crippen LogP contribution in [-0.2, 0) is 6.54 Å². The van der Waals surface area contributed by atoms with Gasteiger partial charge in [0.15, 0.2) is 5.66 Å². The standard InChI is InChI=1S/C13H18F3N3O/c1-9-2-4-10(5-3-9)8-17-11(20)6-7-12(18-19-12)13(14,15)16/h2-5,11,17-20H,6-8H2,1H3. The van der Waals surface area contributed by atoms with Crippen molar-refractivity contribution in [1.29, 1.82) is 0 Å². The molecule has 0 amide bonds. The van der Waals surface area contributed by atoms with E-state index in [1.54, 1.807) is 0 Å². The van der Waals surface area contributed by atoms with E-state index in [1.807, 2.05) is 31.2 Å². The first-order chi connectivity index (χ1) is 9.32. The minimum absolute atomic E-state index is 0.00533. The van der Waals surface area contributed by atoms with E-state index in [9.17, 15) is 18.3 Å². The number of hydrogen-bond acceptors (Lipinski definition) is 4. The molecule has 0 saturated carbocycles. The molecule has 0 aliphatic carbocycles. The summed E-state index contributed by atoms with van der Waals surface area (Å²) in [5.41, 5.74) is 4.30. The van der Waals surface area contributed by atoms with Crippen molar-refractivity contribution >= 4 is 0 Å². The third kappa shape index (κ3) is 3.69. The fraction of sp³-hybridized carbons (Fsp3) is 0.538. The van der Waals surface area contributed by atoms with Gasteiger partial charge < -0.3 is 5.11 Å². The summed E-state index contributed by atoms with van der Waals surface area (Å²) in [6.07, 6.45) is -5.55. The molecule has 4 N–H and O–H groups in total. The lowest BCUT2D eigenvalue weighted by Gasteiger charge is -2.18. The molecule has 2 rings (SSSR count). The zero-order valence-corrected chi connectivity index (χ0v) is 11.1. The van der Waals surface area contributed by atoms with Crippen molar-refractivity contribution in [3.63, 3.8) is 0 Å². The number of aryl methyl sites for hydroxylation is 1. The molecule has 0 bridgehead atoms. The van der Waals surface area contributed by atoms with Crippen molar-refractivity contribution in [2.45, 2.75) is 44.4 Å². The molecule has 1 atom stereocenters. The summed E-state index contributed by atoms with van der Waals surface area (Å²) < 4.78 is 37.8. The summed E-state index contributed by atoms with van der Waals surface area (Å²) in [5, 5.41) is 12.5. The van der Waals surface area contributed by atoms with E-state index in [1.165, 1.54) is 0 Å². The smallest absolute Gasteiger partial charge is 0.379 e. The van der Waals surface area contributed by atoms with Gasteiger partial charge in [0.05, 0.1) is 0 Å². The fourth-order valence-electron chi connectivity index (χ4n) is 1.88. The summed E-state index contributed by atoms with van der Waals surface area (Å²) in [4.78, 5) is 0. The van der Waals surface area contributed by atoms with Crippen LogP contribution in [0.3, 0.4) is 0 Å². The zero-order valence-electron chi connectivity index (χ0n) is 11.1. The van der Waals surface area contributed by atoms with Crippen molar-refractivity contribution in [2.75, 3.05) is 0 Å². The van der Waals surface area contributed by atoms with Gasteiger partial charge >= 0.3 is 6.18 Å². The number of hydrogen-bond donors (Lipinski definition) is 4. The summed E-state index contributed by atoms with van der Waals surface area (Å²) in [6, 6.07) is 7.71. The molecule has 0 spiro atoms. The number of benzene rings is 1. The molecular weight excluding hydrogens is 271 g/mol. The Balaban J connectivity index is 1.73. The van der Waals surface area contributed by atoms with Crippen LogP contribution in [0.25, 0.3) is 0 Å². The molecule has 1 aromatic rings. The van der Waals surface area contributed by atoms with E-state index in [2.05, 4.69) is 16.2 Å². The normalized spacial score (nSPS) is 18.9. The maximum atomic E-state index is 12.6. The Morgan fingerprint density at radius 2 is 1.85 bits per heavy atom. The molecule has 4 nitrogen and oxygen atoms in total. The molecule has 0 radical (unpaired) electrons. The molecule has 0 aromatic heterocycles. The largest absolute Gasteiger partial charge is 0.422 e. The third-order valence-corrected chi connectivity index (χ3v) is 3.37. The molecule has 112 valence electrons. The fourth-order valence-corrected chi connectivity index (χ4v) is 1.88. The molecule has 1 aliphatic rings. The Morgan fingerprint density at radius 3 is 2.35 bits per heavy atom. The highest BCUT2D eigenvalue weighted by molar-refractivity contribution is 5.21. The number of rotatable bonds is 6. The average molecular weight is 289 g/mol. The first kappa shape index (κ1) is 15.2. The SMILES string of the molecule is Cc1ccc(CNC(O)CCC2(C(F)(F)F)NN2)cc1. The van der Waals surface area contributed by atoms with Crippen LogP contribution in [0.1, 0.15) is 24.0 Å². The van der Waals surface area contributed by atoms with Crippen LogP contribution in [-0.4, -0.2) is 23.2 Å². The van der Waals surface area contributed by atoms with E-state index in [0.717, 1.165) is 11.1 Å². The van der Waals surface area contributed by atoms with Gasteiger partial charge in [0, 0.05) is 6.54 Å². The van der Waals surface area contributed by atoms with Gasteiger partial charge in [-0.1, -0.05) is 29.8 Å². The molecule has 1 fully saturated rings. The highest BCUT2D eigenvalue weighted by Gasteiger charge is 2.63. The Kier molecular flexibility index (Phi) is 4.33. The van der Waals surface area contributed by atoms with E-state index in [-0.39, 0.29) is 12.8 Å². The molecular formula is C13H18F3N3O. The Bertz CT molecular complexity index is 443. The maximum Gasteiger partial charge on any atom is 0.422 e. The highest BCUT2D eigenvalue weighted by Crippen LogP contribution is 2.37. The first-order valence-electron chi connectivity index (χ1n) is 6.40. The van der Waals surface area contributed by atoms with Crippen molar-refractivity contribution in [3.05, 3.63) is 35.4 Å². The van der Waals surface area contributed by atoms with Crippen LogP contribution in [0.5, 0.6) is 0 Å². The minimum Gasteiger partial charge on any atom is -0.379 e. The molecule has 1 aliphatic heterocycles. The van der Waals surface area contributed by atoms with Crippen LogP contribution in [0, 0.1) is 6.92 Å². The summed E-state index contributed by atoms with van der Waals surface area (Å²) in [7, 11) is 0. The lowest BCUT2D eigenvalue weighted by Crippen LogP contribution is -2.39. The number of halogens is 3. The van der Waals surface area contributed by atoms with Gasteiger partial charge in [-0.2, -0.15) is 13.2 Å². The number of aliphatic hydroxyl groups is 1. The second kappa shape index (κ2) is 5.69. The van der Waals surface area contributed by atoms with Gasteiger partial charge in [-0.25, -0.2) is 10.9 Å². The van der Waals surface area contributed by atoms with Crippen molar-refractivity contribution in [1.82, 2.24) is 16.2 Å². The number of alkyl halides is 3. The van der Waals surface area contributed by atoms with Crippen LogP contribution in [0.4, 0.5) is 13.2 Å². The Labute approximate surface area is 115 Å². The number of aliphatic hydroxyl groups excluding tert-OH is 1. The van der Waals surface area contributed by atoms with Gasteiger partial charge in [0.1, 0.15) is 6.23 Å². The molecule has 20 heavy (non-hydrogen) atoms. The van der Waals surface area contributed by atoms with Crippen LogP contribution < -0.4 is 16.2 Å². The summed E-state index contributed by atoms with van der Waals surface area (Å²) in [6.45, 7) is 2.39. The zero-order chi connectivity index (χ0) is 14.8. The third-order valence-electron chi connectivity index (χ3n) is 3.37. The van der Waals surface area contributed by atoms with Gasteiger partial charge in [-0.15, -0.1) is 0 Å². The second-order valence-corrected chi connectivity index (χ2v) is 5.07. The minimum atomic E-state index is -4.36. The lowest BCUT2D eigenvalue weighted by atomic mass is 10.1. The molecule has 1 aromatic carbocycles. The topological polar surface area (TPSA) is 76.1 Å². The molecule has 7 heteroatoms. The van der Waals surface area contributed by atoms with E-state index < -0.39 is 18.1 Å². The predicted molar refractivity (Wildman–Crippen MR) is 68.3 cm³/mol. The summed E-state index contributed by atoms with van der Waals surface area (Å²) in [5.74, 6) is 0. The molecule has 1 saturated heterocycles. The van der Waals surface area contributed by atoms with Crippen molar-refractivity contribution in [2.24, 2.45) is 0 Å². The molecule has 1 heterocycles. The van der Waals surface area contributed by atoms with E-state index in [4.69, 9.17) is 0 Å². The van der Waals surface area contributed by atoms with Crippen LogP contribution in [0.2, 0.25) is 0 Å². The van der Waals surface area contributed by atoms with Crippen LogP contribution in [0.15, 0.2) is 24.3 Å². The van der Waals surface area contributed by atoms with Gasteiger partial charge in [-0.05, 0) is 25.3 Å². The maximum absolute atomic E-state index is 12.6. The first-order valence-corrected chi connectivity index (χ1v) is 6.40. The van der Waals surface area contributed by atoms with E-state index in [0.29, 0.717) is 6.54 Å². The quantitative estimate of drug-likeness (QED) is 0.473. The summed E-state index contributed by atoms with van der Waals surface area (Å²) >= 11 is 0. The Hall–Kier alpha value is -1.15. The molecule has 1 unspecified atom stereocenters. The Morgan fingerprint density at radius 1 is 1.25 bits per heavy atom. The van der Waals surface area contributed by atoms with Crippen LogP contribution >= 0.6 is 0 Å². The van der Waals surface area contributed by atoms with Gasteiger partial charge in [0.25, 0.3) is 0 Å². The van der Waals surface area contributed by atoms with Gasteiger partial charge in [0.2, 0.25) is 0 Å².